The van der Waals surface area contributed by atoms with Gasteiger partial charge in [0, 0.05) is 37.4 Å². The molecule has 3 aromatic rings. The van der Waals surface area contributed by atoms with Crippen LogP contribution < -0.4 is 9.64 Å². The van der Waals surface area contributed by atoms with Gasteiger partial charge in [0.05, 0.1) is 7.11 Å². The number of aryl methyl sites for hydroxylation is 1. The zero-order valence-electron chi connectivity index (χ0n) is 17.9. The molecule has 0 aliphatic carbocycles. The number of nitrogens with zero attached hydrogens (tertiary/aromatic N) is 4. The first-order valence-electron chi connectivity index (χ1n) is 10.4. The zero-order valence-corrected chi connectivity index (χ0v) is 18.7. The van der Waals surface area contributed by atoms with E-state index >= 15 is 0 Å². The quantitative estimate of drug-likeness (QED) is 0.617. The van der Waals surface area contributed by atoms with E-state index in [4.69, 9.17) is 17.0 Å². The van der Waals surface area contributed by atoms with Crippen LogP contribution in [0.2, 0.25) is 0 Å². The fourth-order valence-electron chi connectivity index (χ4n) is 3.92. The second-order valence-electron chi connectivity index (χ2n) is 7.73. The Morgan fingerprint density at radius 2 is 1.94 bits per heavy atom. The Labute approximate surface area is 187 Å². The molecule has 2 heterocycles. The molecule has 0 spiro atoms. The van der Waals surface area contributed by atoms with E-state index < -0.39 is 0 Å². The van der Waals surface area contributed by atoms with E-state index in [0.717, 1.165) is 48.6 Å². The van der Waals surface area contributed by atoms with Crippen LogP contribution in [0.5, 0.6) is 5.75 Å². The summed E-state index contributed by atoms with van der Waals surface area (Å²) < 4.78 is 7.50. The van der Waals surface area contributed by atoms with E-state index in [1.807, 2.05) is 48.2 Å². The highest BCUT2D eigenvalue weighted by Gasteiger charge is 2.21. The molecule has 1 aromatic heterocycles. The Morgan fingerprint density at radius 3 is 2.68 bits per heavy atom. The van der Waals surface area contributed by atoms with Crippen LogP contribution >= 0.6 is 12.2 Å². The number of aromatic amines is 1. The van der Waals surface area contributed by atoms with Crippen LogP contribution in [0.15, 0.2) is 48.5 Å². The number of H-pyrrole nitrogens is 1. The second-order valence-corrected chi connectivity index (χ2v) is 8.11. The number of carbonyl (C=O) groups is 1. The van der Waals surface area contributed by atoms with Gasteiger partial charge in [0.1, 0.15) is 12.3 Å². The zero-order chi connectivity index (χ0) is 21.8. The highest BCUT2D eigenvalue weighted by atomic mass is 32.1. The molecule has 0 atom stereocenters. The van der Waals surface area contributed by atoms with Gasteiger partial charge in [-0.05, 0) is 55.9 Å². The monoisotopic (exact) mass is 437 g/mol. The average Bonchev–Trinajstić information content (AvgIpc) is 2.99. The molecule has 0 radical (unpaired) electrons. The maximum atomic E-state index is 13.1. The molecule has 0 saturated carbocycles. The van der Waals surface area contributed by atoms with Gasteiger partial charge in [0.2, 0.25) is 5.91 Å². The predicted molar refractivity (Wildman–Crippen MR) is 124 cm³/mol. The highest BCUT2D eigenvalue weighted by molar-refractivity contribution is 7.71. The molecular weight excluding hydrogens is 410 g/mol. The molecule has 1 fully saturated rings. The van der Waals surface area contributed by atoms with Crippen LogP contribution in [0.3, 0.4) is 0 Å². The summed E-state index contributed by atoms with van der Waals surface area (Å²) in [5, 5.41) is 7.21. The Balaban J connectivity index is 1.45. The molecule has 1 saturated heterocycles. The first-order valence-corrected chi connectivity index (χ1v) is 10.8. The lowest BCUT2D eigenvalue weighted by Crippen LogP contribution is -2.37. The summed E-state index contributed by atoms with van der Waals surface area (Å²) >= 11 is 5.41. The topological polar surface area (TPSA) is 66.4 Å². The number of nitrogens with one attached hydrogen (secondary N) is 1. The van der Waals surface area contributed by atoms with Crippen molar-refractivity contribution in [3.05, 3.63) is 58.9 Å². The molecule has 8 heteroatoms. The lowest BCUT2D eigenvalue weighted by atomic mass is 10.1. The van der Waals surface area contributed by atoms with Crippen molar-refractivity contribution in [3.63, 3.8) is 0 Å². The van der Waals surface area contributed by atoms with E-state index in [2.05, 4.69) is 27.2 Å². The predicted octanol–water partition coefficient (Wildman–Crippen LogP) is 3.66. The van der Waals surface area contributed by atoms with Crippen molar-refractivity contribution in [1.82, 2.24) is 19.7 Å². The van der Waals surface area contributed by atoms with Crippen molar-refractivity contribution in [1.29, 1.82) is 0 Å². The summed E-state index contributed by atoms with van der Waals surface area (Å²) in [5.41, 5.74) is 3.23. The third kappa shape index (κ3) is 4.80. The number of amides is 1. The van der Waals surface area contributed by atoms with Crippen LogP contribution in [0.4, 0.5) is 5.69 Å². The van der Waals surface area contributed by atoms with Gasteiger partial charge in [-0.2, -0.15) is 5.10 Å². The maximum Gasteiger partial charge on any atom is 0.242 e. The van der Waals surface area contributed by atoms with Gasteiger partial charge in [-0.3, -0.25) is 14.5 Å². The Morgan fingerprint density at radius 1 is 1.13 bits per heavy atom. The summed E-state index contributed by atoms with van der Waals surface area (Å²) in [6.45, 7) is 5.33. The Bertz CT molecular complexity index is 1110. The van der Waals surface area contributed by atoms with E-state index in [-0.39, 0.29) is 12.5 Å². The molecule has 0 bridgehead atoms. The van der Waals surface area contributed by atoms with Crippen LogP contribution in [0, 0.1) is 11.7 Å². The molecule has 7 nitrogen and oxygen atoms in total. The van der Waals surface area contributed by atoms with Crippen molar-refractivity contribution >= 4 is 23.8 Å². The third-order valence-corrected chi connectivity index (χ3v) is 5.93. The summed E-state index contributed by atoms with van der Waals surface area (Å²) in [6.07, 6.45) is 0.916. The van der Waals surface area contributed by atoms with E-state index in [0.29, 0.717) is 17.1 Å². The van der Waals surface area contributed by atoms with Gasteiger partial charge >= 0.3 is 0 Å². The van der Waals surface area contributed by atoms with Crippen LogP contribution in [-0.2, 0) is 11.3 Å². The Hall–Kier alpha value is -3.13. The third-order valence-electron chi connectivity index (χ3n) is 5.61. The van der Waals surface area contributed by atoms with Crippen LogP contribution in [0.1, 0.15) is 12.0 Å². The van der Waals surface area contributed by atoms with Crippen LogP contribution in [0.25, 0.3) is 11.4 Å². The average molecular weight is 438 g/mol. The Kier molecular flexibility index (Phi) is 6.36. The smallest absolute Gasteiger partial charge is 0.242 e. The van der Waals surface area contributed by atoms with Gasteiger partial charge in [0.25, 0.3) is 0 Å². The number of carbonyl (C=O) groups excluding carboxylic acids is 1. The lowest BCUT2D eigenvalue weighted by molar-refractivity contribution is -0.131. The number of hydrogen-bond acceptors (Lipinski definition) is 5. The molecule has 4 rings (SSSR count). The largest absolute Gasteiger partial charge is 0.497 e. The van der Waals surface area contributed by atoms with Gasteiger partial charge in [0.15, 0.2) is 10.6 Å². The molecule has 1 N–H and O–H groups in total. The highest BCUT2D eigenvalue weighted by Crippen LogP contribution is 2.22. The molecule has 1 aliphatic rings. The second kappa shape index (κ2) is 9.34. The van der Waals surface area contributed by atoms with Crippen molar-refractivity contribution in [3.8, 4) is 17.1 Å². The molecule has 0 unspecified atom stereocenters. The van der Waals surface area contributed by atoms with E-state index in [9.17, 15) is 4.79 Å². The first-order chi connectivity index (χ1) is 15.0. The van der Waals surface area contributed by atoms with Crippen molar-refractivity contribution in [2.45, 2.75) is 19.9 Å². The van der Waals surface area contributed by atoms with Crippen molar-refractivity contribution in [2.75, 3.05) is 38.2 Å². The van der Waals surface area contributed by atoms with Gasteiger partial charge in [-0.25, -0.2) is 0 Å². The number of aromatic nitrogens is 3. The SMILES string of the molecule is COc1ccc(N2CCCN(C(=O)Cn3c(-c4cccc(C)c4)n[nH]c3=S)CC2)cc1. The van der Waals surface area contributed by atoms with Crippen molar-refractivity contribution < 1.29 is 9.53 Å². The van der Waals surface area contributed by atoms with E-state index in [1.165, 1.54) is 0 Å². The van der Waals surface area contributed by atoms with Crippen molar-refractivity contribution in [2.24, 2.45) is 0 Å². The summed E-state index contributed by atoms with van der Waals surface area (Å²) in [7, 11) is 1.67. The number of methoxy groups -OCH3 is 1. The maximum absolute atomic E-state index is 13.1. The molecule has 1 amide bonds. The lowest BCUT2D eigenvalue weighted by Gasteiger charge is -2.24. The van der Waals surface area contributed by atoms with Gasteiger partial charge in [-0.1, -0.05) is 23.8 Å². The van der Waals surface area contributed by atoms with Gasteiger partial charge < -0.3 is 14.5 Å². The summed E-state index contributed by atoms with van der Waals surface area (Å²) in [4.78, 5) is 17.4. The molecule has 2 aromatic carbocycles. The fraction of sp³-hybridized carbons (Fsp3) is 0.348. The number of ether oxygens (including phenoxy) is 1. The number of benzene rings is 2. The molecule has 162 valence electrons. The molecular formula is C23H27N5O2S. The minimum absolute atomic E-state index is 0.0583. The fourth-order valence-corrected chi connectivity index (χ4v) is 4.12. The normalized spacial score (nSPS) is 14.4. The number of hydrogen-bond donors (Lipinski definition) is 1. The van der Waals surface area contributed by atoms with Gasteiger partial charge in [-0.15, -0.1) is 0 Å². The minimum atomic E-state index is 0.0583. The van der Waals surface area contributed by atoms with E-state index in [1.54, 1.807) is 11.7 Å². The number of rotatable bonds is 5. The first kappa shape index (κ1) is 21.1. The van der Waals surface area contributed by atoms with Crippen LogP contribution in [-0.4, -0.2) is 58.9 Å². The number of anilines is 1. The summed E-state index contributed by atoms with van der Waals surface area (Å²) in [5.74, 6) is 1.59. The standard InChI is InChI=1S/C23H27N5O2S/c1-17-5-3-6-18(15-17)22-24-25-23(31)28(22)16-21(29)27-12-4-11-26(13-14-27)19-7-9-20(30-2)10-8-19/h3,5-10,15H,4,11-14,16H2,1-2H3,(H,25,31). The minimum Gasteiger partial charge on any atom is -0.497 e. The summed E-state index contributed by atoms with van der Waals surface area (Å²) in [6, 6.07) is 16.1. The molecule has 1 aliphatic heterocycles. The molecule has 31 heavy (non-hydrogen) atoms.